The van der Waals surface area contributed by atoms with Crippen LogP contribution < -0.4 is 15.8 Å². The van der Waals surface area contributed by atoms with Crippen molar-refractivity contribution < 1.29 is 9.53 Å². The highest BCUT2D eigenvalue weighted by atomic mass is 16.6. The van der Waals surface area contributed by atoms with Gasteiger partial charge in [-0.15, -0.1) is 0 Å². The summed E-state index contributed by atoms with van der Waals surface area (Å²) in [6.07, 6.45) is 4.19. The van der Waals surface area contributed by atoms with Crippen LogP contribution in [-0.2, 0) is 5.41 Å². The van der Waals surface area contributed by atoms with E-state index in [9.17, 15) is 4.79 Å². The molecule has 0 radical (unpaired) electrons. The zero-order chi connectivity index (χ0) is 19.3. The van der Waals surface area contributed by atoms with Crippen molar-refractivity contribution in [3.63, 3.8) is 0 Å². The van der Waals surface area contributed by atoms with Gasteiger partial charge >= 0.3 is 6.09 Å². The number of rotatable bonds is 4. The van der Waals surface area contributed by atoms with Crippen LogP contribution in [0.5, 0.6) is 5.75 Å². The maximum Gasteiger partial charge on any atom is 0.417 e. The van der Waals surface area contributed by atoms with Gasteiger partial charge in [0.05, 0.1) is 0 Å². The number of nitrogens with zero attached hydrogens (tertiary/aromatic N) is 1. The van der Waals surface area contributed by atoms with E-state index < -0.39 is 6.09 Å². The molecule has 3 N–H and O–H groups in total. The number of likely N-dealkylation sites (N-methyl/N-ethyl adjacent to an activating group) is 1. The highest BCUT2D eigenvalue weighted by Gasteiger charge is 2.33. The third kappa shape index (κ3) is 4.80. The van der Waals surface area contributed by atoms with Gasteiger partial charge in [-0.25, -0.2) is 4.79 Å². The van der Waals surface area contributed by atoms with Crippen molar-refractivity contribution in [3.8, 4) is 5.75 Å². The Bertz CT molecular complexity index is 775. The molecular weight excluding hydrogens is 338 g/mol. The predicted molar refractivity (Wildman–Crippen MR) is 110 cm³/mol. The zero-order valence-corrected chi connectivity index (χ0v) is 16.2. The summed E-state index contributed by atoms with van der Waals surface area (Å²) in [6.45, 7) is 4.42. The van der Waals surface area contributed by atoms with Crippen molar-refractivity contribution in [2.45, 2.75) is 38.0 Å². The van der Waals surface area contributed by atoms with Crippen molar-refractivity contribution in [2.24, 2.45) is 0 Å². The molecule has 1 aliphatic heterocycles. The van der Waals surface area contributed by atoms with E-state index in [1.54, 1.807) is 24.3 Å². The van der Waals surface area contributed by atoms with Crippen molar-refractivity contribution in [3.05, 3.63) is 54.1 Å². The molecule has 5 heteroatoms. The Labute approximate surface area is 161 Å². The summed E-state index contributed by atoms with van der Waals surface area (Å²) < 4.78 is 5.53. The van der Waals surface area contributed by atoms with Gasteiger partial charge in [0.15, 0.2) is 0 Å². The van der Waals surface area contributed by atoms with Gasteiger partial charge in [0.1, 0.15) is 5.75 Å². The minimum Gasteiger partial charge on any atom is -0.410 e. The van der Waals surface area contributed by atoms with Gasteiger partial charge in [-0.05, 0) is 74.8 Å². The predicted octanol–water partition coefficient (Wildman–Crippen LogP) is 4.64. The summed E-state index contributed by atoms with van der Waals surface area (Å²) in [6, 6.07) is 15.0. The molecule has 1 unspecified atom stereocenters. The summed E-state index contributed by atoms with van der Waals surface area (Å²) in [4.78, 5) is 14.7. The number of nitrogens with one attached hydrogen (secondary N) is 1. The summed E-state index contributed by atoms with van der Waals surface area (Å²) in [5.41, 5.74) is 8.33. The van der Waals surface area contributed by atoms with Crippen LogP contribution in [0.4, 0.5) is 16.2 Å². The van der Waals surface area contributed by atoms with Gasteiger partial charge in [-0.2, -0.15) is 0 Å². The molecule has 1 aliphatic rings. The molecule has 2 aromatic rings. The highest BCUT2D eigenvalue weighted by Crippen LogP contribution is 2.37. The number of carbonyl (C=O) groups excluding carboxylic acids is 1. The maximum atomic E-state index is 12.2. The number of hydrogen-bond donors (Lipinski definition) is 2. The summed E-state index contributed by atoms with van der Waals surface area (Å²) >= 11 is 0. The Morgan fingerprint density at radius 1 is 1.22 bits per heavy atom. The Morgan fingerprint density at radius 2 is 2.00 bits per heavy atom. The number of ether oxygens (including phenoxy) is 1. The molecule has 0 aliphatic carbocycles. The molecule has 0 bridgehead atoms. The van der Waals surface area contributed by atoms with Gasteiger partial charge in [0.25, 0.3) is 0 Å². The lowest BCUT2D eigenvalue weighted by molar-refractivity contribution is 0.214. The summed E-state index contributed by atoms with van der Waals surface area (Å²) in [5, 5.41) is 2.73. The minimum atomic E-state index is -0.500. The average Bonchev–Trinajstić information content (AvgIpc) is 2.86. The molecule has 1 fully saturated rings. The van der Waals surface area contributed by atoms with Gasteiger partial charge in [-0.1, -0.05) is 25.5 Å². The second-order valence-corrected chi connectivity index (χ2v) is 7.49. The van der Waals surface area contributed by atoms with Crippen LogP contribution in [0.2, 0.25) is 0 Å². The third-order valence-corrected chi connectivity index (χ3v) is 5.51. The molecular formula is C22H29N3O2. The number of nitrogens with two attached hydrogens (primary N) is 1. The van der Waals surface area contributed by atoms with Crippen molar-refractivity contribution in [1.82, 2.24) is 4.90 Å². The first kappa shape index (κ1) is 19.2. The number of likely N-dealkylation sites (tertiary alicyclic amines) is 1. The smallest absolute Gasteiger partial charge is 0.410 e. The number of nitrogen functional groups attached to an aromatic ring is 1. The van der Waals surface area contributed by atoms with E-state index >= 15 is 0 Å². The second-order valence-electron chi connectivity index (χ2n) is 7.49. The Kier molecular flexibility index (Phi) is 6.01. The van der Waals surface area contributed by atoms with E-state index in [0.717, 1.165) is 25.9 Å². The topological polar surface area (TPSA) is 67.6 Å². The molecule has 144 valence electrons. The molecule has 1 atom stereocenters. The van der Waals surface area contributed by atoms with Gasteiger partial charge in [0.2, 0.25) is 0 Å². The van der Waals surface area contributed by atoms with E-state index in [1.807, 2.05) is 18.2 Å². The Balaban J connectivity index is 1.74. The lowest BCUT2D eigenvalue weighted by Crippen LogP contribution is -2.37. The first-order valence-electron chi connectivity index (χ1n) is 9.64. The van der Waals surface area contributed by atoms with Crippen LogP contribution in [-0.4, -0.2) is 31.1 Å². The summed E-state index contributed by atoms with van der Waals surface area (Å²) in [7, 11) is 2.19. The fourth-order valence-electron chi connectivity index (χ4n) is 3.95. The van der Waals surface area contributed by atoms with Crippen LogP contribution in [0.15, 0.2) is 48.5 Å². The molecule has 0 aromatic heterocycles. The molecule has 0 saturated carbocycles. The quantitative estimate of drug-likeness (QED) is 0.772. The number of hydrogen-bond acceptors (Lipinski definition) is 4. The van der Waals surface area contributed by atoms with Crippen molar-refractivity contribution in [1.29, 1.82) is 0 Å². The van der Waals surface area contributed by atoms with Crippen molar-refractivity contribution >= 4 is 17.5 Å². The number of carbonyl (C=O) groups is 1. The third-order valence-electron chi connectivity index (χ3n) is 5.51. The lowest BCUT2D eigenvalue weighted by atomic mass is 9.74. The van der Waals surface area contributed by atoms with Gasteiger partial charge < -0.3 is 15.4 Å². The monoisotopic (exact) mass is 367 g/mol. The van der Waals surface area contributed by atoms with Crippen LogP contribution in [0, 0.1) is 0 Å². The average molecular weight is 367 g/mol. The van der Waals surface area contributed by atoms with E-state index in [-0.39, 0.29) is 5.41 Å². The first-order valence-corrected chi connectivity index (χ1v) is 9.64. The number of anilines is 2. The zero-order valence-electron chi connectivity index (χ0n) is 16.2. The molecule has 5 nitrogen and oxygen atoms in total. The molecule has 1 amide bonds. The fourth-order valence-corrected chi connectivity index (χ4v) is 3.95. The number of benzene rings is 2. The van der Waals surface area contributed by atoms with Gasteiger partial charge in [0, 0.05) is 23.3 Å². The van der Waals surface area contributed by atoms with E-state index in [2.05, 4.69) is 30.3 Å². The molecule has 0 spiro atoms. The molecule has 27 heavy (non-hydrogen) atoms. The molecule has 1 heterocycles. The Morgan fingerprint density at radius 3 is 2.74 bits per heavy atom. The molecule has 2 aromatic carbocycles. The number of amides is 1. The Hall–Kier alpha value is -2.53. The largest absolute Gasteiger partial charge is 0.417 e. The normalized spacial score (nSPS) is 20.7. The fraction of sp³-hybridized carbons (Fsp3) is 0.409. The van der Waals surface area contributed by atoms with E-state index in [0.29, 0.717) is 17.1 Å². The van der Waals surface area contributed by atoms with Gasteiger partial charge in [-0.3, -0.25) is 5.32 Å². The SMILES string of the molecule is CCC1(c2cccc(OC(=O)Nc3ccc(N)cc3)c2)CCCCN(C)C1. The van der Waals surface area contributed by atoms with Crippen molar-refractivity contribution in [2.75, 3.05) is 31.2 Å². The molecule has 3 rings (SSSR count). The standard InChI is InChI=1S/C22H29N3O2/c1-3-22(13-4-5-14-25(2)16-22)17-7-6-8-20(15-17)27-21(26)24-19-11-9-18(23)10-12-19/h6-12,15H,3-5,13-14,16,23H2,1-2H3,(H,24,26). The second kappa shape index (κ2) is 8.44. The van der Waals surface area contributed by atoms with Crippen LogP contribution in [0.3, 0.4) is 0 Å². The van der Waals surface area contributed by atoms with E-state index in [1.165, 1.54) is 18.4 Å². The van der Waals surface area contributed by atoms with E-state index in [4.69, 9.17) is 10.5 Å². The first-order chi connectivity index (χ1) is 13.0. The van der Waals surface area contributed by atoms with Crippen LogP contribution >= 0.6 is 0 Å². The van der Waals surface area contributed by atoms with Crippen LogP contribution in [0.25, 0.3) is 0 Å². The maximum absolute atomic E-state index is 12.2. The minimum absolute atomic E-state index is 0.109. The summed E-state index contributed by atoms with van der Waals surface area (Å²) in [5.74, 6) is 0.570. The molecule has 1 saturated heterocycles. The van der Waals surface area contributed by atoms with Crippen LogP contribution in [0.1, 0.15) is 38.2 Å². The highest BCUT2D eigenvalue weighted by molar-refractivity contribution is 5.86. The lowest BCUT2D eigenvalue weighted by Gasteiger charge is -2.35.